The Morgan fingerprint density at radius 1 is 0.781 bits per heavy atom. The van der Waals surface area contributed by atoms with Gasteiger partial charge < -0.3 is 4.90 Å². The maximum atomic E-state index is 13.6. The first kappa shape index (κ1) is 20.5. The maximum absolute atomic E-state index is 13.6. The number of nitrogens with zero attached hydrogens (tertiary/aromatic N) is 2. The predicted octanol–water partition coefficient (Wildman–Crippen LogP) is 4.72. The minimum absolute atomic E-state index is 0.206. The number of hydrogen-bond acceptors (Lipinski definition) is 3. The minimum atomic E-state index is -0.218. The van der Waals surface area contributed by atoms with Gasteiger partial charge in [0, 0.05) is 24.7 Å². The van der Waals surface area contributed by atoms with E-state index in [0.29, 0.717) is 42.3 Å². The fourth-order valence-corrected chi connectivity index (χ4v) is 4.63. The van der Waals surface area contributed by atoms with Crippen LogP contribution in [0.3, 0.4) is 0 Å². The van der Waals surface area contributed by atoms with Crippen LogP contribution in [-0.2, 0) is 29.0 Å². The largest absolute Gasteiger partial charge is 0.362 e. The van der Waals surface area contributed by atoms with Crippen LogP contribution in [0.25, 0.3) is 5.57 Å². The van der Waals surface area contributed by atoms with Crippen molar-refractivity contribution in [2.75, 3.05) is 13.1 Å². The summed E-state index contributed by atoms with van der Waals surface area (Å²) in [6.45, 7) is 1.68. The Labute approximate surface area is 192 Å². The summed E-state index contributed by atoms with van der Waals surface area (Å²) in [5.41, 5.74) is 5.36. The molecule has 160 valence electrons. The summed E-state index contributed by atoms with van der Waals surface area (Å²) >= 11 is 5.98. The van der Waals surface area contributed by atoms with Crippen molar-refractivity contribution in [3.8, 4) is 0 Å². The van der Waals surface area contributed by atoms with Crippen molar-refractivity contribution in [2.24, 2.45) is 0 Å². The summed E-state index contributed by atoms with van der Waals surface area (Å²) in [6.07, 6.45) is 1.45. The van der Waals surface area contributed by atoms with Crippen molar-refractivity contribution in [3.05, 3.63) is 112 Å². The van der Waals surface area contributed by atoms with Gasteiger partial charge in [0.15, 0.2) is 0 Å². The van der Waals surface area contributed by atoms with E-state index in [2.05, 4.69) is 17.0 Å². The highest BCUT2D eigenvalue weighted by Crippen LogP contribution is 2.34. The molecule has 0 radical (unpaired) electrons. The second kappa shape index (κ2) is 8.64. The highest BCUT2D eigenvalue weighted by molar-refractivity contribution is 6.35. The predicted molar refractivity (Wildman–Crippen MR) is 126 cm³/mol. The Morgan fingerprint density at radius 3 is 2.22 bits per heavy atom. The first-order valence-electron chi connectivity index (χ1n) is 10.8. The molecule has 0 saturated carbocycles. The van der Waals surface area contributed by atoms with Gasteiger partial charge >= 0.3 is 0 Å². The molecule has 5 heteroatoms. The van der Waals surface area contributed by atoms with E-state index in [0.717, 1.165) is 17.5 Å². The molecule has 4 nitrogen and oxygen atoms in total. The molecule has 0 saturated heterocycles. The molecule has 3 aromatic rings. The lowest BCUT2D eigenvalue weighted by molar-refractivity contribution is -0.137. The lowest BCUT2D eigenvalue weighted by Gasteiger charge is -2.31. The Balaban J connectivity index is 1.47. The summed E-state index contributed by atoms with van der Waals surface area (Å²) in [4.78, 5) is 30.5. The number of imide groups is 1. The van der Waals surface area contributed by atoms with E-state index in [-0.39, 0.29) is 11.8 Å². The van der Waals surface area contributed by atoms with Gasteiger partial charge in [-0.1, -0.05) is 78.3 Å². The number of amides is 2. The van der Waals surface area contributed by atoms with Crippen molar-refractivity contribution < 1.29 is 9.59 Å². The highest BCUT2D eigenvalue weighted by Gasteiger charge is 2.41. The molecule has 0 N–H and O–H groups in total. The molecule has 0 aromatic heterocycles. The first-order valence-corrected chi connectivity index (χ1v) is 11.2. The van der Waals surface area contributed by atoms with Crippen LogP contribution in [0.5, 0.6) is 0 Å². The summed E-state index contributed by atoms with van der Waals surface area (Å²) in [6, 6.07) is 25.4. The van der Waals surface area contributed by atoms with Gasteiger partial charge in [-0.25, -0.2) is 0 Å². The molecular weight excluding hydrogens is 420 g/mol. The SMILES string of the molecule is O=C1C(c2ccccc2)=C(N2CCc3ccccc3C2)C(=O)N1CCc1ccc(Cl)cc1. The number of carbonyl (C=O) groups excluding carboxylic acids is 2. The van der Waals surface area contributed by atoms with Crippen molar-refractivity contribution in [2.45, 2.75) is 19.4 Å². The molecule has 2 aliphatic rings. The molecule has 32 heavy (non-hydrogen) atoms. The van der Waals surface area contributed by atoms with E-state index in [9.17, 15) is 9.59 Å². The quantitative estimate of drug-likeness (QED) is 0.537. The van der Waals surface area contributed by atoms with Gasteiger partial charge in [0.2, 0.25) is 0 Å². The molecule has 2 amide bonds. The average molecular weight is 443 g/mol. The molecule has 0 spiro atoms. The molecule has 2 heterocycles. The van der Waals surface area contributed by atoms with Gasteiger partial charge in [-0.05, 0) is 47.2 Å². The Kier molecular flexibility index (Phi) is 5.54. The van der Waals surface area contributed by atoms with E-state index < -0.39 is 0 Å². The number of fused-ring (bicyclic) bond motifs is 1. The molecule has 2 aliphatic heterocycles. The molecule has 0 bridgehead atoms. The molecule has 0 unspecified atom stereocenters. The Morgan fingerprint density at radius 2 is 1.47 bits per heavy atom. The van der Waals surface area contributed by atoms with Crippen LogP contribution >= 0.6 is 11.6 Å². The fraction of sp³-hybridized carbons (Fsp3) is 0.185. The number of rotatable bonds is 5. The van der Waals surface area contributed by atoms with E-state index in [1.807, 2.05) is 66.7 Å². The molecule has 0 fully saturated rings. The van der Waals surface area contributed by atoms with Gasteiger partial charge in [0.1, 0.15) is 5.70 Å². The van der Waals surface area contributed by atoms with Gasteiger partial charge in [-0.2, -0.15) is 0 Å². The van der Waals surface area contributed by atoms with Crippen LogP contribution in [0.2, 0.25) is 5.02 Å². The van der Waals surface area contributed by atoms with Gasteiger partial charge in [0.25, 0.3) is 11.8 Å². The third-order valence-electron chi connectivity index (χ3n) is 6.19. The molecule has 3 aromatic carbocycles. The first-order chi connectivity index (χ1) is 15.6. The van der Waals surface area contributed by atoms with Crippen molar-refractivity contribution in [1.82, 2.24) is 9.80 Å². The summed E-state index contributed by atoms with van der Waals surface area (Å²) in [7, 11) is 0. The van der Waals surface area contributed by atoms with Crippen molar-refractivity contribution in [1.29, 1.82) is 0 Å². The highest BCUT2D eigenvalue weighted by atomic mass is 35.5. The monoisotopic (exact) mass is 442 g/mol. The van der Waals surface area contributed by atoms with Gasteiger partial charge in [-0.15, -0.1) is 0 Å². The third kappa shape index (κ3) is 3.82. The van der Waals surface area contributed by atoms with Crippen LogP contribution in [-0.4, -0.2) is 34.7 Å². The normalized spacial score (nSPS) is 16.0. The third-order valence-corrected chi connectivity index (χ3v) is 6.44. The van der Waals surface area contributed by atoms with Crippen LogP contribution < -0.4 is 0 Å². The summed E-state index contributed by atoms with van der Waals surface area (Å²) < 4.78 is 0. The molecule has 0 aliphatic carbocycles. The topological polar surface area (TPSA) is 40.6 Å². The second-order valence-corrected chi connectivity index (χ2v) is 8.60. The Hall–Kier alpha value is -3.37. The maximum Gasteiger partial charge on any atom is 0.277 e. The number of hydrogen-bond donors (Lipinski definition) is 0. The van der Waals surface area contributed by atoms with Crippen LogP contribution in [0, 0.1) is 0 Å². The van der Waals surface area contributed by atoms with E-state index >= 15 is 0 Å². The smallest absolute Gasteiger partial charge is 0.277 e. The van der Waals surface area contributed by atoms with Gasteiger partial charge in [0.05, 0.1) is 5.57 Å². The molecule has 0 atom stereocenters. The van der Waals surface area contributed by atoms with E-state index in [1.165, 1.54) is 16.0 Å². The fourth-order valence-electron chi connectivity index (χ4n) is 4.50. The lowest BCUT2D eigenvalue weighted by Crippen LogP contribution is -2.38. The van der Waals surface area contributed by atoms with Crippen molar-refractivity contribution in [3.63, 3.8) is 0 Å². The number of carbonyl (C=O) groups is 2. The van der Waals surface area contributed by atoms with Gasteiger partial charge in [-0.3, -0.25) is 14.5 Å². The zero-order valence-corrected chi connectivity index (χ0v) is 18.4. The van der Waals surface area contributed by atoms with E-state index in [4.69, 9.17) is 11.6 Å². The standard InChI is InChI=1S/C27H23ClN2O2/c28-23-12-10-19(11-13-23)14-17-30-26(31)24(21-7-2-1-3-8-21)25(27(30)32)29-16-15-20-6-4-5-9-22(20)18-29/h1-13H,14-18H2. The molecular formula is C27H23ClN2O2. The van der Waals surface area contributed by atoms with Crippen LogP contribution in [0.4, 0.5) is 0 Å². The summed E-state index contributed by atoms with van der Waals surface area (Å²) in [5, 5.41) is 0.669. The minimum Gasteiger partial charge on any atom is -0.362 e. The Bertz CT molecular complexity index is 1200. The van der Waals surface area contributed by atoms with Crippen LogP contribution in [0.15, 0.2) is 84.6 Å². The number of benzene rings is 3. The lowest BCUT2D eigenvalue weighted by atomic mass is 9.98. The second-order valence-electron chi connectivity index (χ2n) is 8.17. The van der Waals surface area contributed by atoms with Crippen molar-refractivity contribution >= 4 is 29.0 Å². The zero-order chi connectivity index (χ0) is 22.1. The number of halogens is 1. The zero-order valence-electron chi connectivity index (χ0n) is 17.6. The van der Waals surface area contributed by atoms with Crippen LogP contribution in [0.1, 0.15) is 22.3 Å². The molecule has 5 rings (SSSR count). The van der Waals surface area contributed by atoms with E-state index in [1.54, 1.807) is 0 Å². The summed E-state index contributed by atoms with van der Waals surface area (Å²) in [5.74, 6) is -0.425. The average Bonchev–Trinajstić information content (AvgIpc) is 3.08.